The Bertz CT molecular complexity index is 299. The first kappa shape index (κ1) is 9.53. The van der Waals surface area contributed by atoms with Crippen molar-refractivity contribution in [2.75, 3.05) is 13.7 Å². The summed E-state index contributed by atoms with van der Waals surface area (Å²) in [6.07, 6.45) is 2.49. The molecule has 2 rings (SSSR count). The molecule has 0 bridgehead atoms. The molecule has 0 aromatic heterocycles. The number of benzene rings is 1. The van der Waals surface area contributed by atoms with Gasteiger partial charge in [0.05, 0.1) is 7.11 Å². The zero-order chi connectivity index (χ0) is 10.0. The van der Waals surface area contributed by atoms with E-state index in [1.807, 2.05) is 12.1 Å². The molecule has 1 atom stereocenters. The van der Waals surface area contributed by atoms with Crippen LogP contribution in [0.4, 0.5) is 0 Å². The standard InChI is InChI=1S/C12H17NO/c1-12(8-3-9-13-12)10-4-6-11(14-2)7-5-10/h4-7,13H,3,8-9H2,1-2H3. The topological polar surface area (TPSA) is 21.3 Å². The SMILES string of the molecule is COc1ccc(C2(C)CCCN2)cc1. The largest absolute Gasteiger partial charge is 0.497 e. The fraction of sp³-hybridized carbons (Fsp3) is 0.500. The lowest BCUT2D eigenvalue weighted by atomic mass is 9.91. The normalized spacial score (nSPS) is 26.4. The molecule has 1 saturated heterocycles. The molecule has 2 heteroatoms. The molecule has 1 fully saturated rings. The van der Waals surface area contributed by atoms with E-state index in [1.54, 1.807) is 7.11 Å². The average Bonchev–Trinajstić information content (AvgIpc) is 2.67. The zero-order valence-corrected chi connectivity index (χ0v) is 8.84. The van der Waals surface area contributed by atoms with E-state index in [4.69, 9.17) is 4.74 Å². The lowest BCUT2D eigenvalue weighted by Crippen LogP contribution is -2.32. The molecule has 1 aromatic carbocycles. The molecule has 0 saturated carbocycles. The minimum absolute atomic E-state index is 0.173. The fourth-order valence-corrected chi connectivity index (χ4v) is 2.10. The van der Waals surface area contributed by atoms with Gasteiger partial charge in [0.25, 0.3) is 0 Å². The lowest BCUT2D eigenvalue weighted by Gasteiger charge is -2.25. The predicted octanol–water partition coefficient (Wildman–Crippen LogP) is 2.29. The summed E-state index contributed by atoms with van der Waals surface area (Å²) in [5.74, 6) is 0.926. The van der Waals surface area contributed by atoms with Gasteiger partial charge in [-0.1, -0.05) is 12.1 Å². The highest BCUT2D eigenvalue weighted by molar-refractivity contribution is 5.32. The first-order valence-corrected chi connectivity index (χ1v) is 5.14. The molecule has 1 aliphatic heterocycles. The number of nitrogens with one attached hydrogen (secondary N) is 1. The quantitative estimate of drug-likeness (QED) is 0.774. The Balaban J connectivity index is 2.23. The number of methoxy groups -OCH3 is 1. The van der Waals surface area contributed by atoms with Crippen molar-refractivity contribution in [1.82, 2.24) is 5.32 Å². The molecule has 0 radical (unpaired) electrons. The van der Waals surface area contributed by atoms with Crippen molar-refractivity contribution in [3.05, 3.63) is 29.8 Å². The summed E-state index contributed by atoms with van der Waals surface area (Å²) in [5.41, 5.74) is 1.53. The van der Waals surface area contributed by atoms with Crippen LogP contribution in [0.15, 0.2) is 24.3 Å². The Kier molecular flexibility index (Phi) is 2.46. The first-order chi connectivity index (χ1) is 6.74. The van der Waals surface area contributed by atoms with Crippen LogP contribution in [-0.2, 0) is 5.54 Å². The number of hydrogen-bond acceptors (Lipinski definition) is 2. The number of rotatable bonds is 2. The van der Waals surface area contributed by atoms with Crippen molar-refractivity contribution in [1.29, 1.82) is 0 Å². The molecule has 1 aromatic rings. The van der Waals surface area contributed by atoms with Gasteiger partial charge in [-0.2, -0.15) is 0 Å². The second kappa shape index (κ2) is 3.62. The summed E-state index contributed by atoms with van der Waals surface area (Å²) in [6, 6.07) is 8.36. The van der Waals surface area contributed by atoms with Crippen LogP contribution in [0.3, 0.4) is 0 Å². The second-order valence-electron chi connectivity index (χ2n) is 4.09. The molecule has 1 heterocycles. The fourth-order valence-electron chi connectivity index (χ4n) is 2.10. The van der Waals surface area contributed by atoms with E-state index in [1.165, 1.54) is 18.4 Å². The van der Waals surface area contributed by atoms with Crippen LogP contribution in [0.2, 0.25) is 0 Å². The molecule has 76 valence electrons. The minimum atomic E-state index is 0.173. The van der Waals surface area contributed by atoms with Crippen molar-refractivity contribution in [2.24, 2.45) is 0 Å². The molecule has 0 amide bonds. The smallest absolute Gasteiger partial charge is 0.118 e. The van der Waals surface area contributed by atoms with Crippen molar-refractivity contribution < 1.29 is 4.74 Å². The van der Waals surface area contributed by atoms with E-state index >= 15 is 0 Å². The maximum atomic E-state index is 5.14. The van der Waals surface area contributed by atoms with Crippen molar-refractivity contribution in [3.8, 4) is 5.75 Å². The third kappa shape index (κ3) is 1.62. The second-order valence-corrected chi connectivity index (χ2v) is 4.09. The maximum Gasteiger partial charge on any atom is 0.118 e. The maximum absolute atomic E-state index is 5.14. The van der Waals surface area contributed by atoms with Gasteiger partial charge >= 0.3 is 0 Å². The molecular formula is C12H17NO. The highest BCUT2D eigenvalue weighted by Gasteiger charge is 2.29. The van der Waals surface area contributed by atoms with Crippen LogP contribution in [0.5, 0.6) is 5.75 Å². The third-order valence-electron chi connectivity index (χ3n) is 3.10. The number of ether oxygens (including phenoxy) is 1. The highest BCUT2D eigenvalue weighted by atomic mass is 16.5. The van der Waals surface area contributed by atoms with Gasteiger partial charge in [0.15, 0.2) is 0 Å². The van der Waals surface area contributed by atoms with E-state index in [0.29, 0.717) is 0 Å². The Morgan fingerprint density at radius 3 is 2.50 bits per heavy atom. The molecule has 0 aliphatic carbocycles. The summed E-state index contributed by atoms with van der Waals surface area (Å²) in [4.78, 5) is 0. The molecule has 0 spiro atoms. The van der Waals surface area contributed by atoms with Gasteiger partial charge < -0.3 is 10.1 Å². The lowest BCUT2D eigenvalue weighted by molar-refractivity contribution is 0.410. The van der Waals surface area contributed by atoms with Gasteiger partial charge in [0.1, 0.15) is 5.75 Å². The zero-order valence-electron chi connectivity index (χ0n) is 8.84. The summed E-state index contributed by atoms with van der Waals surface area (Å²) < 4.78 is 5.14. The van der Waals surface area contributed by atoms with E-state index < -0.39 is 0 Å². The van der Waals surface area contributed by atoms with E-state index in [9.17, 15) is 0 Å². The summed E-state index contributed by atoms with van der Waals surface area (Å²) in [7, 11) is 1.70. The van der Waals surface area contributed by atoms with Crippen LogP contribution in [0.25, 0.3) is 0 Å². The Morgan fingerprint density at radius 2 is 2.00 bits per heavy atom. The van der Waals surface area contributed by atoms with Crippen molar-refractivity contribution in [2.45, 2.75) is 25.3 Å². The monoisotopic (exact) mass is 191 g/mol. The molecular weight excluding hydrogens is 174 g/mol. The van der Waals surface area contributed by atoms with Gasteiger partial charge in [0, 0.05) is 5.54 Å². The highest BCUT2D eigenvalue weighted by Crippen LogP contribution is 2.30. The van der Waals surface area contributed by atoms with Crippen LogP contribution >= 0.6 is 0 Å². The van der Waals surface area contributed by atoms with Gasteiger partial charge in [-0.3, -0.25) is 0 Å². The molecule has 14 heavy (non-hydrogen) atoms. The predicted molar refractivity (Wildman–Crippen MR) is 57.6 cm³/mol. The summed E-state index contributed by atoms with van der Waals surface area (Å²) >= 11 is 0. The van der Waals surface area contributed by atoms with Crippen LogP contribution < -0.4 is 10.1 Å². The first-order valence-electron chi connectivity index (χ1n) is 5.14. The van der Waals surface area contributed by atoms with Gasteiger partial charge in [-0.05, 0) is 44.0 Å². The molecule has 1 N–H and O–H groups in total. The van der Waals surface area contributed by atoms with Gasteiger partial charge in [0.2, 0.25) is 0 Å². The van der Waals surface area contributed by atoms with Gasteiger partial charge in [-0.25, -0.2) is 0 Å². The van der Waals surface area contributed by atoms with Gasteiger partial charge in [-0.15, -0.1) is 0 Å². The Morgan fingerprint density at radius 1 is 1.29 bits per heavy atom. The summed E-state index contributed by atoms with van der Waals surface area (Å²) in [5, 5.41) is 3.55. The minimum Gasteiger partial charge on any atom is -0.497 e. The van der Waals surface area contributed by atoms with Crippen LogP contribution in [-0.4, -0.2) is 13.7 Å². The van der Waals surface area contributed by atoms with Crippen LogP contribution in [0.1, 0.15) is 25.3 Å². The average molecular weight is 191 g/mol. The van der Waals surface area contributed by atoms with Crippen LogP contribution in [0, 0.1) is 0 Å². The molecule has 2 nitrogen and oxygen atoms in total. The number of hydrogen-bond donors (Lipinski definition) is 1. The van der Waals surface area contributed by atoms with Crippen molar-refractivity contribution in [3.63, 3.8) is 0 Å². The van der Waals surface area contributed by atoms with E-state index in [0.717, 1.165) is 12.3 Å². The molecule has 1 aliphatic rings. The molecule has 1 unspecified atom stereocenters. The van der Waals surface area contributed by atoms with E-state index in [-0.39, 0.29) is 5.54 Å². The van der Waals surface area contributed by atoms with E-state index in [2.05, 4.69) is 24.4 Å². The van der Waals surface area contributed by atoms with Crippen molar-refractivity contribution >= 4 is 0 Å². The Labute approximate surface area is 85.3 Å². The summed E-state index contributed by atoms with van der Waals surface area (Å²) in [6.45, 7) is 3.39. The Hall–Kier alpha value is -1.02. The third-order valence-corrected chi connectivity index (χ3v) is 3.10.